The van der Waals surface area contributed by atoms with Crippen LogP contribution in [0.1, 0.15) is 64.6 Å². The van der Waals surface area contributed by atoms with Gasteiger partial charge < -0.3 is 16.0 Å². The van der Waals surface area contributed by atoms with Crippen LogP contribution in [0.25, 0.3) is 16.7 Å². The fourth-order valence-electron chi connectivity index (χ4n) is 4.06. The van der Waals surface area contributed by atoms with Gasteiger partial charge in [0, 0.05) is 37.5 Å². The SMILES string of the molecule is CN=CC(=CN)c1cc(C#N)cc(CNC(=O)c2ncnc3nc(C4CCCC4)[nH]c23)c1. The first-order valence-corrected chi connectivity index (χ1v) is 10.5. The third-order valence-corrected chi connectivity index (χ3v) is 5.62. The van der Waals surface area contributed by atoms with Crippen molar-refractivity contribution < 1.29 is 4.79 Å². The average molecular weight is 429 g/mol. The number of allylic oxidation sites excluding steroid dienone is 1. The number of fused-ring (bicyclic) bond motifs is 1. The highest BCUT2D eigenvalue weighted by atomic mass is 16.1. The summed E-state index contributed by atoms with van der Waals surface area (Å²) in [5, 5.41) is 12.3. The molecule has 4 rings (SSSR count). The smallest absolute Gasteiger partial charge is 0.272 e. The minimum absolute atomic E-state index is 0.220. The van der Waals surface area contributed by atoms with Crippen molar-refractivity contribution in [1.82, 2.24) is 25.3 Å². The lowest BCUT2D eigenvalue weighted by Crippen LogP contribution is -2.24. The number of amides is 1. The molecule has 32 heavy (non-hydrogen) atoms. The molecule has 0 aliphatic heterocycles. The largest absolute Gasteiger partial charge is 0.404 e. The molecule has 9 heteroatoms. The first-order valence-electron chi connectivity index (χ1n) is 10.5. The number of rotatable bonds is 6. The van der Waals surface area contributed by atoms with E-state index in [-0.39, 0.29) is 18.1 Å². The molecule has 1 saturated carbocycles. The molecule has 1 aromatic carbocycles. The standard InChI is InChI=1S/C23H24N8O/c1-26-12-18(10-25)17-7-14(9-24)6-15(8-17)11-27-23(32)20-19-22(29-13-28-20)31-21(30-19)16-4-2-3-5-16/h6-8,10,12-13,16H,2-5,11,25H2,1H3,(H,27,32)(H,28,29,30,31). The summed E-state index contributed by atoms with van der Waals surface area (Å²) in [5.74, 6) is 0.911. The van der Waals surface area contributed by atoms with Gasteiger partial charge in [0.1, 0.15) is 17.7 Å². The topological polar surface area (TPSA) is 146 Å². The summed E-state index contributed by atoms with van der Waals surface area (Å²) >= 11 is 0. The molecule has 4 N–H and O–H groups in total. The van der Waals surface area contributed by atoms with Crippen LogP contribution < -0.4 is 11.1 Å². The summed E-state index contributed by atoms with van der Waals surface area (Å²) < 4.78 is 0. The van der Waals surface area contributed by atoms with Crippen molar-refractivity contribution >= 4 is 28.9 Å². The molecular weight excluding hydrogens is 404 g/mol. The van der Waals surface area contributed by atoms with Crippen LogP contribution in [0, 0.1) is 11.3 Å². The van der Waals surface area contributed by atoms with Crippen molar-refractivity contribution in [2.75, 3.05) is 7.05 Å². The monoisotopic (exact) mass is 428 g/mol. The van der Waals surface area contributed by atoms with E-state index in [4.69, 9.17) is 5.73 Å². The molecule has 1 aliphatic rings. The van der Waals surface area contributed by atoms with Gasteiger partial charge in [-0.2, -0.15) is 5.26 Å². The van der Waals surface area contributed by atoms with Gasteiger partial charge in [0.05, 0.1) is 11.6 Å². The number of nitrogens with zero attached hydrogens (tertiary/aromatic N) is 5. The number of nitrogens with two attached hydrogens (primary N) is 1. The highest BCUT2D eigenvalue weighted by molar-refractivity contribution is 6.09. The van der Waals surface area contributed by atoms with Crippen molar-refractivity contribution in [3.05, 3.63) is 58.9 Å². The molecule has 0 saturated heterocycles. The van der Waals surface area contributed by atoms with E-state index in [1.165, 1.54) is 25.4 Å². The molecule has 0 spiro atoms. The van der Waals surface area contributed by atoms with Gasteiger partial charge in [-0.25, -0.2) is 15.0 Å². The van der Waals surface area contributed by atoms with E-state index in [2.05, 4.69) is 36.3 Å². The lowest BCUT2D eigenvalue weighted by atomic mass is 10.0. The van der Waals surface area contributed by atoms with Crippen molar-refractivity contribution in [2.45, 2.75) is 38.1 Å². The Morgan fingerprint density at radius 1 is 1.34 bits per heavy atom. The number of aromatic amines is 1. The van der Waals surface area contributed by atoms with E-state index in [1.54, 1.807) is 25.4 Å². The minimum Gasteiger partial charge on any atom is -0.404 e. The molecule has 0 radical (unpaired) electrons. The Morgan fingerprint density at radius 2 is 2.16 bits per heavy atom. The number of benzene rings is 1. The van der Waals surface area contributed by atoms with Crippen LogP contribution in [0.15, 0.2) is 35.7 Å². The van der Waals surface area contributed by atoms with Crippen LogP contribution in [0.3, 0.4) is 0 Å². The molecule has 0 unspecified atom stereocenters. The van der Waals surface area contributed by atoms with Gasteiger partial charge in [-0.1, -0.05) is 12.8 Å². The van der Waals surface area contributed by atoms with E-state index in [0.29, 0.717) is 28.2 Å². The van der Waals surface area contributed by atoms with Gasteiger partial charge in [-0.3, -0.25) is 9.79 Å². The van der Waals surface area contributed by atoms with Gasteiger partial charge in [0.25, 0.3) is 5.91 Å². The highest BCUT2D eigenvalue weighted by Gasteiger charge is 2.23. The number of nitriles is 1. The van der Waals surface area contributed by atoms with Crippen LogP contribution in [-0.2, 0) is 6.54 Å². The number of H-pyrrole nitrogens is 1. The van der Waals surface area contributed by atoms with Crippen molar-refractivity contribution in [3.8, 4) is 6.07 Å². The quantitative estimate of drug-likeness (QED) is 0.515. The van der Waals surface area contributed by atoms with Crippen LogP contribution in [0.5, 0.6) is 0 Å². The second kappa shape index (κ2) is 9.39. The van der Waals surface area contributed by atoms with E-state index in [0.717, 1.165) is 29.8 Å². The maximum atomic E-state index is 12.9. The first kappa shape index (κ1) is 21.2. The van der Waals surface area contributed by atoms with Gasteiger partial charge >= 0.3 is 0 Å². The van der Waals surface area contributed by atoms with Gasteiger partial charge in [-0.15, -0.1) is 0 Å². The maximum absolute atomic E-state index is 12.9. The third-order valence-electron chi connectivity index (χ3n) is 5.62. The molecule has 0 bridgehead atoms. The summed E-state index contributed by atoms with van der Waals surface area (Å²) in [6, 6.07) is 7.47. The zero-order chi connectivity index (χ0) is 22.5. The Bertz CT molecular complexity index is 1240. The third kappa shape index (κ3) is 4.34. The number of nitrogens with one attached hydrogen (secondary N) is 2. The summed E-state index contributed by atoms with van der Waals surface area (Å²) in [5.41, 5.74) is 9.67. The van der Waals surface area contributed by atoms with Gasteiger partial charge in [0.2, 0.25) is 0 Å². The Kier molecular flexibility index (Phi) is 6.22. The molecule has 2 aromatic heterocycles. The average Bonchev–Trinajstić information content (AvgIpc) is 3.50. The fraction of sp³-hybridized carbons (Fsp3) is 0.304. The Morgan fingerprint density at radius 3 is 2.88 bits per heavy atom. The molecule has 1 aliphatic carbocycles. The summed E-state index contributed by atoms with van der Waals surface area (Å²) in [6.45, 7) is 0.220. The molecule has 9 nitrogen and oxygen atoms in total. The predicted molar refractivity (Wildman–Crippen MR) is 122 cm³/mol. The second-order valence-electron chi connectivity index (χ2n) is 7.75. The molecular formula is C23H24N8O. The van der Waals surface area contributed by atoms with E-state index >= 15 is 0 Å². The van der Waals surface area contributed by atoms with E-state index < -0.39 is 0 Å². The molecule has 0 atom stereocenters. The van der Waals surface area contributed by atoms with Crippen LogP contribution in [-0.4, -0.2) is 39.1 Å². The number of hydrogen-bond acceptors (Lipinski definition) is 7. The predicted octanol–water partition coefficient (Wildman–Crippen LogP) is 2.81. The summed E-state index contributed by atoms with van der Waals surface area (Å²) in [7, 11) is 1.65. The number of aliphatic imine (C=N–C) groups is 1. The van der Waals surface area contributed by atoms with E-state index in [9.17, 15) is 10.1 Å². The van der Waals surface area contributed by atoms with Crippen molar-refractivity contribution in [2.24, 2.45) is 10.7 Å². The molecule has 1 fully saturated rings. The second-order valence-corrected chi connectivity index (χ2v) is 7.75. The summed E-state index contributed by atoms with van der Waals surface area (Å²) in [6.07, 6.45) is 8.97. The minimum atomic E-state index is -0.340. The summed E-state index contributed by atoms with van der Waals surface area (Å²) in [4.78, 5) is 33.2. The van der Waals surface area contributed by atoms with Crippen LogP contribution in [0.4, 0.5) is 0 Å². The number of carbonyl (C=O) groups excluding carboxylic acids is 1. The van der Waals surface area contributed by atoms with Crippen molar-refractivity contribution in [3.63, 3.8) is 0 Å². The lowest BCUT2D eigenvalue weighted by molar-refractivity contribution is 0.0947. The van der Waals surface area contributed by atoms with Crippen LogP contribution in [0.2, 0.25) is 0 Å². The van der Waals surface area contributed by atoms with Gasteiger partial charge in [-0.05, 0) is 42.2 Å². The van der Waals surface area contributed by atoms with Crippen LogP contribution >= 0.6 is 0 Å². The number of hydrogen-bond donors (Lipinski definition) is 3. The number of carbonyl (C=O) groups is 1. The zero-order valence-electron chi connectivity index (χ0n) is 17.8. The maximum Gasteiger partial charge on any atom is 0.272 e. The molecule has 3 aromatic rings. The Labute approximate surface area is 185 Å². The first-order chi connectivity index (χ1) is 15.6. The number of aromatic nitrogens is 4. The number of imidazole rings is 1. The fourth-order valence-corrected chi connectivity index (χ4v) is 4.06. The highest BCUT2D eigenvalue weighted by Crippen LogP contribution is 2.33. The Hall–Kier alpha value is -4.06. The van der Waals surface area contributed by atoms with E-state index in [1.807, 2.05) is 6.07 Å². The zero-order valence-corrected chi connectivity index (χ0v) is 17.8. The normalized spacial score (nSPS) is 14.8. The molecule has 2 heterocycles. The lowest BCUT2D eigenvalue weighted by Gasteiger charge is -2.09. The molecule has 1 amide bonds. The Balaban J connectivity index is 1.56. The van der Waals surface area contributed by atoms with Gasteiger partial charge in [0.15, 0.2) is 11.3 Å². The molecule has 162 valence electrons. The van der Waals surface area contributed by atoms with Crippen molar-refractivity contribution in [1.29, 1.82) is 5.26 Å².